The van der Waals surface area contributed by atoms with Crippen LogP contribution in [-0.4, -0.2) is 51.7 Å². The average molecular weight is 315 g/mol. The molecule has 0 bridgehead atoms. The molecule has 2 heterocycles. The molecule has 0 unspecified atom stereocenters. The number of piperazine rings is 1. The summed E-state index contributed by atoms with van der Waals surface area (Å²) in [5.41, 5.74) is 1.61. The molecule has 3 rings (SSSR count). The molecule has 1 saturated heterocycles. The lowest BCUT2D eigenvalue weighted by molar-refractivity contribution is -0.384. The second-order valence-electron chi connectivity index (χ2n) is 5.46. The lowest BCUT2D eigenvalue weighted by Crippen LogP contribution is -2.48. The molecule has 8 nitrogen and oxygen atoms in total. The number of nitrogens with zero attached hydrogens (tertiary/aromatic N) is 5. The molecular weight excluding hydrogens is 298 g/mol. The predicted octanol–water partition coefficient (Wildman–Crippen LogP) is 1.29. The van der Waals surface area contributed by atoms with Gasteiger partial charge in [-0.15, -0.1) is 0 Å². The second kappa shape index (κ2) is 6.07. The van der Waals surface area contributed by atoms with Crippen LogP contribution in [0.5, 0.6) is 0 Å². The number of aryl methyl sites for hydroxylation is 1. The molecule has 1 aromatic carbocycles. The molecular formula is C15H17N5O3. The summed E-state index contributed by atoms with van der Waals surface area (Å²) in [5, 5.41) is 14.7. The van der Waals surface area contributed by atoms with E-state index in [-0.39, 0.29) is 11.6 Å². The van der Waals surface area contributed by atoms with Gasteiger partial charge >= 0.3 is 0 Å². The zero-order chi connectivity index (χ0) is 16.4. The van der Waals surface area contributed by atoms with E-state index in [1.165, 1.54) is 12.1 Å². The van der Waals surface area contributed by atoms with Gasteiger partial charge in [-0.1, -0.05) is 0 Å². The molecule has 23 heavy (non-hydrogen) atoms. The van der Waals surface area contributed by atoms with Crippen molar-refractivity contribution in [2.24, 2.45) is 7.05 Å². The summed E-state index contributed by atoms with van der Waals surface area (Å²) in [6, 6.07) is 6.50. The molecule has 0 atom stereocenters. The molecule has 1 amide bonds. The fourth-order valence-corrected chi connectivity index (χ4v) is 2.67. The maximum Gasteiger partial charge on any atom is 0.269 e. The smallest absolute Gasteiger partial charge is 0.269 e. The van der Waals surface area contributed by atoms with E-state index in [1.54, 1.807) is 41.2 Å². The topological polar surface area (TPSA) is 84.5 Å². The van der Waals surface area contributed by atoms with Crippen LogP contribution in [0.3, 0.4) is 0 Å². The summed E-state index contributed by atoms with van der Waals surface area (Å²) in [7, 11) is 1.78. The molecule has 0 spiro atoms. The maximum atomic E-state index is 12.4. The Kier molecular flexibility index (Phi) is 3.96. The van der Waals surface area contributed by atoms with Gasteiger partial charge in [0.05, 0.1) is 16.7 Å². The number of nitro benzene ring substituents is 1. The Morgan fingerprint density at radius 3 is 2.35 bits per heavy atom. The van der Waals surface area contributed by atoms with Gasteiger partial charge in [0.25, 0.3) is 11.6 Å². The standard InChI is InChI=1S/C15H17N5O3/c1-17-11-12(10-16-17)15(21)19-8-6-18(7-9-19)13-2-4-14(5-3-13)20(22)23/h2-5,10-11H,6-9H2,1H3. The first-order valence-electron chi connectivity index (χ1n) is 7.32. The van der Waals surface area contributed by atoms with Crippen molar-refractivity contribution in [2.45, 2.75) is 0 Å². The van der Waals surface area contributed by atoms with Crippen molar-refractivity contribution >= 4 is 17.3 Å². The predicted molar refractivity (Wildman–Crippen MR) is 84.4 cm³/mol. The van der Waals surface area contributed by atoms with Gasteiger partial charge in [-0.3, -0.25) is 19.6 Å². The van der Waals surface area contributed by atoms with E-state index in [0.29, 0.717) is 31.7 Å². The molecule has 8 heteroatoms. The van der Waals surface area contributed by atoms with Crippen LogP contribution in [0.4, 0.5) is 11.4 Å². The Hall–Kier alpha value is -2.90. The number of rotatable bonds is 3. The van der Waals surface area contributed by atoms with Crippen LogP contribution >= 0.6 is 0 Å². The first kappa shape index (κ1) is 15.0. The quantitative estimate of drug-likeness (QED) is 0.629. The Labute approximate surface area is 133 Å². The van der Waals surface area contributed by atoms with Crippen molar-refractivity contribution in [3.63, 3.8) is 0 Å². The second-order valence-corrected chi connectivity index (χ2v) is 5.46. The molecule has 1 fully saturated rings. The van der Waals surface area contributed by atoms with Crippen LogP contribution in [0.15, 0.2) is 36.7 Å². The first-order valence-corrected chi connectivity index (χ1v) is 7.32. The Balaban J connectivity index is 1.61. The SMILES string of the molecule is Cn1cc(C(=O)N2CCN(c3ccc([N+](=O)[O-])cc3)CC2)cn1. The summed E-state index contributed by atoms with van der Waals surface area (Å²) >= 11 is 0. The van der Waals surface area contributed by atoms with Crippen LogP contribution in [0.25, 0.3) is 0 Å². The first-order chi connectivity index (χ1) is 11.0. The van der Waals surface area contributed by atoms with Gasteiger partial charge in [-0.25, -0.2) is 0 Å². The molecule has 0 N–H and O–H groups in total. The molecule has 1 aliphatic rings. The van der Waals surface area contributed by atoms with Crippen LogP contribution in [0.2, 0.25) is 0 Å². The molecule has 1 aliphatic heterocycles. The van der Waals surface area contributed by atoms with Gasteiger partial charge < -0.3 is 9.80 Å². The zero-order valence-electron chi connectivity index (χ0n) is 12.8. The number of carbonyl (C=O) groups is 1. The van der Waals surface area contributed by atoms with Crippen molar-refractivity contribution in [3.05, 3.63) is 52.3 Å². The summed E-state index contributed by atoms with van der Waals surface area (Å²) in [6.07, 6.45) is 3.29. The highest BCUT2D eigenvalue weighted by Crippen LogP contribution is 2.21. The lowest BCUT2D eigenvalue weighted by Gasteiger charge is -2.35. The van der Waals surface area contributed by atoms with Gasteiger partial charge in [0.2, 0.25) is 0 Å². The third-order valence-electron chi connectivity index (χ3n) is 3.94. The molecule has 0 aliphatic carbocycles. The minimum absolute atomic E-state index is 0.0125. The van der Waals surface area contributed by atoms with E-state index < -0.39 is 4.92 Å². The largest absolute Gasteiger partial charge is 0.368 e. The highest BCUT2D eigenvalue weighted by Gasteiger charge is 2.23. The third kappa shape index (κ3) is 3.15. The van der Waals surface area contributed by atoms with Crippen molar-refractivity contribution in [3.8, 4) is 0 Å². The number of hydrogen-bond donors (Lipinski definition) is 0. The molecule has 0 radical (unpaired) electrons. The number of aromatic nitrogens is 2. The highest BCUT2D eigenvalue weighted by atomic mass is 16.6. The number of amides is 1. The van der Waals surface area contributed by atoms with Crippen molar-refractivity contribution in [2.75, 3.05) is 31.1 Å². The van der Waals surface area contributed by atoms with Crippen LogP contribution in [0.1, 0.15) is 10.4 Å². The van der Waals surface area contributed by atoms with Crippen LogP contribution < -0.4 is 4.90 Å². The lowest BCUT2D eigenvalue weighted by atomic mass is 10.2. The molecule has 0 saturated carbocycles. The Morgan fingerprint density at radius 1 is 1.17 bits per heavy atom. The van der Waals surface area contributed by atoms with Crippen molar-refractivity contribution in [1.29, 1.82) is 0 Å². The highest BCUT2D eigenvalue weighted by molar-refractivity contribution is 5.93. The van der Waals surface area contributed by atoms with E-state index in [2.05, 4.69) is 10.00 Å². The summed E-state index contributed by atoms with van der Waals surface area (Å²) < 4.78 is 1.61. The number of benzene rings is 1. The monoisotopic (exact) mass is 315 g/mol. The van der Waals surface area contributed by atoms with Crippen molar-refractivity contribution in [1.82, 2.24) is 14.7 Å². The summed E-state index contributed by atoms with van der Waals surface area (Å²) in [6.45, 7) is 2.63. The molecule has 1 aromatic heterocycles. The van der Waals surface area contributed by atoms with E-state index in [0.717, 1.165) is 5.69 Å². The Bertz CT molecular complexity index is 717. The number of nitro groups is 1. The van der Waals surface area contributed by atoms with E-state index in [9.17, 15) is 14.9 Å². The average Bonchev–Trinajstić information content (AvgIpc) is 3.01. The van der Waals surface area contributed by atoms with Gasteiger partial charge in [0.1, 0.15) is 0 Å². The summed E-state index contributed by atoms with van der Waals surface area (Å²) in [4.78, 5) is 26.6. The molecule has 2 aromatic rings. The number of carbonyl (C=O) groups excluding carboxylic acids is 1. The van der Waals surface area contributed by atoms with Crippen LogP contribution in [-0.2, 0) is 7.05 Å². The maximum absolute atomic E-state index is 12.4. The van der Waals surface area contributed by atoms with Gasteiger partial charge in [0.15, 0.2) is 0 Å². The fourth-order valence-electron chi connectivity index (χ4n) is 2.67. The van der Waals surface area contributed by atoms with E-state index in [1.807, 2.05) is 0 Å². The fraction of sp³-hybridized carbons (Fsp3) is 0.333. The third-order valence-corrected chi connectivity index (χ3v) is 3.94. The number of hydrogen-bond acceptors (Lipinski definition) is 5. The Morgan fingerprint density at radius 2 is 1.83 bits per heavy atom. The minimum atomic E-state index is -0.408. The van der Waals surface area contributed by atoms with E-state index >= 15 is 0 Å². The van der Waals surface area contributed by atoms with Gasteiger partial charge in [-0.2, -0.15) is 5.10 Å². The van der Waals surface area contributed by atoms with Gasteiger partial charge in [0, 0.05) is 57.2 Å². The van der Waals surface area contributed by atoms with E-state index in [4.69, 9.17) is 0 Å². The number of anilines is 1. The van der Waals surface area contributed by atoms with Gasteiger partial charge in [-0.05, 0) is 12.1 Å². The summed E-state index contributed by atoms with van der Waals surface area (Å²) in [5.74, 6) is -0.0125. The zero-order valence-corrected chi connectivity index (χ0v) is 12.8. The van der Waals surface area contributed by atoms with Crippen molar-refractivity contribution < 1.29 is 9.72 Å². The normalized spacial score (nSPS) is 14.8. The van der Waals surface area contributed by atoms with Crippen LogP contribution in [0, 0.1) is 10.1 Å². The minimum Gasteiger partial charge on any atom is -0.368 e. The molecule has 120 valence electrons. The number of non-ortho nitro benzene ring substituents is 1.